The summed E-state index contributed by atoms with van der Waals surface area (Å²) in [5.74, 6) is 1.40. The van der Waals surface area contributed by atoms with E-state index in [0.717, 1.165) is 5.56 Å². The predicted molar refractivity (Wildman–Crippen MR) is 77.1 cm³/mol. The van der Waals surface area contributed by atoms with Crippen LogP contribution in [-0.2, 0) is 5.88 Å². The van der Waals surface area contributed by atoms with E-state index in [1.54, 1.807) is 19.2 Å². The van der Waals surface area contributed by atoms with E-state index >= 15 is 0 Å². The number of nitriles is 1. The molecule has 0 saturated heterocycles. The number of halogens is 2. The highest BCUT2D eigenvalue weighted by molar-refractivity contribution is 6.32. The molecule has 0 aliphatic rings. The van der Waals surface area contributed by atoms with Gasteiger partial charge in [0.25, 0.3) is 0 Å². The molecule has 0 heterocycles. The molecule has 0 aliphatic heterocycles. The van der Waals surface area contributed by atoms with E-state index in [4.69, 9.17) is 37.9 Å². The maximum absolute atomic E-state index is 8.94. The van der Waals surface area contributed by atoms with Crippen molar-refractivity contribution in [2.24, 2.45) is 5.41 Å². The molecule has 3 nitrogen and oxygen atoms in total. The molecule has 0 aromatic heterocycles. The van der Waals surface area contributed by atoms with Gasteiger partial charge in [-0.25, -0.2) is 0 Å². The Morgan fingerprint density at radius 1 is 1.37 bits per heavy atom. The molecule has 0 amide bonds. The number of alkyl halides is 1. The van der Waals surface area contributed by atoms with Crippen LogP contribution in [0, 0.1) is 16.7 Å². The molecular weight excluding hydrogens is 285 g/mol. The molecule has 0 aliphatic carbocycles. The molecule has 0 N–H and O–H groups in total. The molecule has 5 heteroatoms. The number of ether oxygens (including phenoxy) is 2. The van der Waals surface area contributed by atoms with E-state index < -0.39 is 5.41 Å². The van der Waals surface area contributed by atoms with E-state index in [1.165, 1.54) is 0 Å². The zero-order chi connectivity index (χ0) is 14.5. The highest BCUT2D eigenvalue weighted by Gasteiger charge is 2.18. The lowest BCUT2D eigenvalue weighted by atomic mass is 9.92. The summed E-state index contributed by atoms with van der Waals surface area (Å²) in [5.41, 5.74) is 0.448. The van der Waals surface area contributed by atoms with Crippen LogP contribution in [0.15, 0.2) is 12.1 Å². The van der Waals surface area contributed by atoms with Gasteiger partial charge < -0.3 is 9.47 Å². The van der Waals surface area contributed by atoms with Gasteiger partial charge in [0.15, 0.2) is 11.5 Å². The Morgan fingerprint density at radius 2 is 2.05 bits per heavy atom. The summed E-state index contributed by atoms with van der Waals surface area (Å²) in [5, 5.41) is 9.41. The summed E-state index contributed by atoms with van der Waals surface area (Å²) in [6.07, 6.45) is 0.611. The third-order valence-corrected chi connectivity index (χ3v) is 3.31. The van der Waals surface area contributed by atoms with Crippen LogP contribution in [0.1, 0.15) is 25.8 Å². The largest absolute Gasteiger partial charge is 0.493 e. The third-order valence-electron chi connectivity index (χ3n) is 2.72. The first-order valence-electron chi connectivity index (χ1n) is 5.90. The van der Waals surface area contributed by atoms with Crippen LogP contribution in [0.4, 0.5) is 0 Å². The Balaban J connectivity index is 2.81. The predicted octanol–water partition coefficient (Wildman–Crippen LogP) is 4.41. The minimum atomic E-state index is -0.421. The van der Waals surface area contributed by atoms with Gasteiger partial charge in [0.05, 0.1) is 30.2 Å². The van der Waals surface area contributed by atoms with Crippen molar-refractivity contribution < 1.29 is 9.47 Å². The molecule has 104 valence electrons. The summed E-state index contributed by atoms with van der Waals surface area (Å²) in [6.45, 7) is 4.13. The number of benzene rings is 1. The molecule has 1 aromatic rings. The van der Waals surface area contributed by atoms with Gasteiger partial charge in [0.1, 0.15) is 0 Å². The molecule has 0 saturated carbocycles. The van der Waals surface area contributed by atoms with Crippen molar-refractivity contribution in [1.29, 1.82) is 5.26 Å². The Labute approximate surface area is 124 Å². The summed E-state index contributed by atoms with van der Waals surface area (Å²) in [6, 6.07) is 5.77. The van der Waals surface area contributed by atoms with Crippen molar-refractivity contribution in [3.8, 4) is 17.6 Å². The third kappa shape index (κ3) is 4.49. The van der Waals surface area contributed by atoms with Gasteiger partial charge >= 0.3 is 0 Å². The van der Waals surface area contributed by atoms with Crippen molar-refractivity contribution in [2.75, 3.05) is 13.7 Å². The van der Waals surface area contributed by atoms with Gasteiger partial charge in [-0.05, 0) is 38.0 Å². The highest BCUT2D eigenvalue weighted by atomic mass is 35.5. The number of hydrogen-bond acceptors (Lipinski definition) is 3. The maximum atomic E-state index is 8.94. The highest BCUT2D eigenvalue weighted by Crippen LogP contribution is 2.37. The second-order valence-corrected chi connectivity index (χ2v) is 5.51. The second-order valence-electron chi connectivity index (χ2n) is 4.84. The smallest absolute Gasteiger partial charge is 0.179 e. The summed E-state index contributed by atoms with van der Waals surface area (Å²) in [4.78, 5) is 0. The van der Waals surface area contributed by atoms with E-state index in [9.17, 15) is 0 Å². The van der Waals surface area contributed by atoms with E-state index in [-0.39, 0.29) is 0 Å². The van der Waals surface area contributed by atoms with Crippen LogP contribution in [0.3, 0.4) is 0 Å². The van der Waals surface area contributed by atoms with Crippen LogP contribution in [0.25, 0.3) is 0 Å². The number of hydrogen-bond donors (Lipinski definition) is 0. The average molecular weight is 302 g/mol. The molecule has 0 spiro atoms. The molecule has 0 radical (unpaired) electrons. The molecule has 0 unspecified atom stereocenters. The molecule has 19 heavy (non-hydrogen) atoms. The van der Waals surface area contributed by atoms with Crippen LogP contribution < -0.4 is 9.47 Å². The first-order valence-corrected chi connectivity index (χ1v) is 6.81. The van der Waals surface area contributed by atoms with Crippen molar-refractivity contribution in [3.05, 3.63) is 22.7 Å². The van der Waals surface area contributed by atoms with Crippen LogP contribution in [-0.4, -0.2) is 13.7 Å². The number of nitrogens with zero attached hydrogens (tertiary/aromatic N) is 1. The lowest BCUT2D eigenvalue weighted by Crippen LogP contribution is -2.13. The monoisotopic (exact) mass is 301 g/mol. The van der Waals surface area contributed by atoms with Crippen LogP contribution in [0.2, 0.25) is 5.02 Å². The fourth-order valence-corrected chi connectivity index (χ4v) is 1.90. The van der Waals surface area contributed by atoms with Crippen molar-refractivity contribution >= 4 is 23.2 Å². The van der Waals surface area contributed by atoms with Crippen LogP contribution >= 0.6 is 23.2 Å². The van der Waals surface area contributed by atoms with Gasteiger partial charge in [0.2, 0.25) is 0 Å². The van der Waals surface area contributed by atoms with E-state index in [0.29, 0.717) is 35.4 Å². The Hall–Kier alpha value is -1.11. The SMILES string of the molecule is COc1cc(CCl)cc(Cl)c1OCCC(C)(C)C#N. The second kappa shape index (κ2) is 6.88. The van der Waals surface area contributed by atoms with Gasteiger partial charge in [-0.2, -0.15) is 5.26 Å². The summed E-state index contributed by atoms with van der Waals surface area (Å²) in [7, 11) is 1.55. The van der Waals surface area contributed by atoms with Gasteiger partial charge in [-0.1, -0.05) is 11.6 Å². The normalized spacial score (nSPS) is 10.9. The first kappa shape index (κ1) is 15.9. The zero-order valence-corrected chi connectivity index (χ0v) is 12.8. The minimum absolute atomic E-state index is 0.359. The van der Waals surface area contributed by atoms with E-state index in [1.807, 2.05) is 13.8 Å². The quantitative estimate of drug-likeness (QED) is 0.731. The Kier molecular flexibility index (Phi) is 5.78. The molecule has 1 rings (SSSR count). The lowest BCUT2D eigenvalue weighted by Gasteiger charge is -2.17. The number of methoxy groups -OCH3 is 1. The Bertz CT molecular complexity index is 481. The van der Waals surface area contributed by atoms with E-state index in [2.05, 4.69) is 6.07 Å². The van der Waals surface area contributed by atoms with Gasteiger partial charge in [-0.15, -0.1) is 11.6 Å². The summed E-state index contributed by atoms with van der Waals surface area (Å²) >= 11 is 11.9. The summed E-state index contributed by atoms with van der Waals surface area (Å²) < 4.78 is 10.9. The number of rotatable bonds is 6. The molecular formula is C14H17Cl2NO2. The molecule has 1 aromatic carbocycles. The standard InChI is InChI=1S/C14H17Cl2NO2/c1-14(2,9-17)4-5-19-13-11(16)6-10(8-15)7-12(13)18-3/h6-7H,4-5,8H2,1-3H3. The Morgan fingerprint density at radius 3 is 2.58 bits per heavy atom. The van der Waals surface area contributed by atoms with Crippen LogP contribution in [0.5, 0.6) is 11.5 Å². The first-order chi connectivity index (χ1) is 8.93. The van der Waals surface area contributed by atoms with Gasteiger partial charge in [0, 0.05) is 5.88 Å². The molecule has 0 fully saturated rings. The molecule has 0 atom stereocenters. The van der Waals surface area contributed by atoms with Crippen molar-refractivity contribution in [3.63, 3.8) is 0 Å². The van der Waals surface area contributed by atoms with Gasteiger partial charge in [-0.3, -0.25) is 0 Å². The average Bonchev–Trinajstić information content (AvgIpc) is 2.39. The fourth-order valence-electron chi connectivity index (χ4n) is 1.45. The lowest BCUT2D eigenvalue weighted by molar-refractivity contribution is 0.252. The zero-order valence-electron chi connectivity index (χ0n) is 11.3. The maximum Gasteiger partial charge on any atom is 0.179 e. The van der Waals surface area contributed by atoms with Crippen molar-refractivity contribution in [2.45, 2.75) is 26.1 Å². The fraction of sp³-hybridized carbons (Fsp3) is 0.500. The molecule has 0 bridgehead atoms. The topological polar surface area (TPSA) is 42.2 Å². The van der Waals surface area contributed by atoms with Crippen molar-refractivity contribution in [1.82, 2.24) is 0 Å². The minimum Gasteiger partial charge on any atom is -0.493 e.